The van der Waals surface area contributed by atoms with E-state index in [2.05, 4.69) is 15.9 Å². The van der Waals surface area contributed by atoms with Gasteiger partial charge in [0.25, 0.3) is 0 Å². The van der Waals surface area contributed by atoms with Crippen LogP contribution < -0.4 is 4.74 Å². The van der Waals surface area contributed by atoms with Crippen LogP contribution in [0.4, 0.5) is 18.0 Å². The van der Waals surface area contributed by atoms with Crippen LogP contribution in [0.25, 0.3) is 0 Å². The van der Waals surface area contributed by atoms with Gasteiger partial charge in [-0.05, 0) is 41.3 Å². The maximum Gasteiger partial charge on any atom is 0.427 e. The molecule has 9 heteroatoms. The third-order valence-corrected chi connectivity index (χ3v) is 5.52. The Bertz CT molecular complexity index is 874. The average molecular weight is 488 g/mol. The zero-order chi connectivity index (χ0) is 21.7. The lowest BCUT2D eigenvalue weighted by molar-refractivity contribution is -0.220. The molecule has 0 aliphatic carbocycles. The minimum absolute atomic E-state index is 0.0424. The van der Waals surface area contributed by atoms with Gasteiger partial charge in [-0.3, -0.25) is 0 Å². The number of carbonyl (C=O) groups is 1. The molecule has 0 radical (unpaired) electrons. The predicted octanol–water partition coefficient (Wildman–Crippen LogP) is 5.10. The third kappa shape index (κ3) is 5.66. The van der Waals surface area contributed by atoms with E-state index in [1.54, 1.807) is 24.3 Å². The second-order valence-electron chi connectivity index (χ2n) is 6.83. The fourth-order valence-electron chi connectivity index (χ4n) is 3.12. The number of nitrogens with zero attached hydrogens (tertiary/aromatic N) is 1. The van der Waals surface area contributed by atoms with E-state index in [9.17, 15) is 18.0 Å². The van der Waals surface area contributed by atoms with Crippen LogP contribution in [0.2, 0.25) is 0 Å². The molecule has 0 aromatic heterocycles. The molecule has 0 saturated heterocycles. The highest BCUT2D eigenvalue weighted by Gasteiger charge is 2.44. The number of ether oxygens (including phenoxy) is 3. The summed E-state index contributed by atoms with van der Waals surface area (Å²) in [6, 6.07) is 12.3. The average Bonchev–Trinajstić information content (AvgIpc) is 2.72. The molecule has 0 saturated carbocycles. The first-order chi connectivity index (χ1) is 14.3. The molecule has 1 heterocycles. The maximum absolute atomic E-state index is 13.4. The lowest BCUT2D eigenvalue weighted by Crippen LogP contribution is -2.43. The summed E-state index contributed by atoms with van der Waals surface area (Å²) >= 11 is 3.45. The summed E-state index contributed by atoms with van der Waals surface area (Å²) in [4.78, 5) is 13.7. The van der Waals surface area contributed by atoms with Crippen molar-refractivity contribution < 1.29 is 32.2 Å². The summed E-state index contributed by atoms with van der Waals surface area (Å²) in [7, 11) is 1.52. The van der Waals surface area contributed by atoms with Crippen molar-refractivity contribution >= 4 is 22.0 Å². The summed E-state index contributed by atoms with van der Waals surface area (Å²) in [5.74, 6) is 0.635. The van der Waals surface area contributed by atoms with Gasteiger partial charge in [0.1, 0.15) is 5.75 Å². The van der Waals surface area contributed by atoms with Gasteiger partial charge in [0.15, 0.2) is 0 Å². The van der Waals surface area contributed by atoms with E-state index in [1.165, 1.54) is 12.0 Å². The Labute approximate surface area is 180 Å². The molecule has 0 N–H and O–H groups in total. The second-order valence-corrected chi connectivity index (χ2v) is 7.68. The Morgan fingerprint density at radius 1 is 1.20 bits per heavy atom. The highest BCUT2D eigenvalue weighted by molar-refractivity contribution is 9.10. The van der Waals surface area contributed by atoms with E-state index in [0.717, 1.165) is 15.6 Å². The van der Waals surface area contributed by atoms with Gasteiger partial charge in [0.05, 0.1) is 20.3 Å². The van der Waals surface area contributed by atoms with Gasteiger partial charge in [-0.2, -0.15) is 13.2 Å². The van der Waals surface area contributed by atoms with Gasteiger partial charge in [-0.1, -0.05) is 40.2 Å². The van der Waals surface area contributed by atoms with Crippen molar-refractivity contribution in [2.75, 3.05) is 20.3 Å². The Morgan fingerprint density at radius 3 is 2.60 bits per heavy atom. The number of carbonyl (C=O) groups excluding carboxylic acids is 1. The Balaban J connectivity index is 1.57. The number of benzene rings is 2. The number of alkyl halides is 3. The summed E-state index contributed by atoms with van der Waals surface area (Å²) in [6.45, 7) is -0.340. The molecule has 162 valence electrons. The summed E-state index contributed by atoms with van der Waals surface area (Å²) in [5, 5.41) is 0. The van der Waals surface area contributed by atoms with Gasteiger partial charge < -0.3 is 19.1 Å². The fourth-order valence-corrected chi connectivity index (χ4v) is 3.72. The first-order valence-electron chi connectivity index (χ1n) is 9.27. The van der Waals surface area contributed by atoms with E-state index >= 15 is 0 Å². The molecule has 0 fully saturated rings. The van der Waals surface area contributed by atoms with Crippen molar-refractivity contribution in [3.8, 4) is 5.75 Å². The molecule has 2 aromatic carbocycles. The highest BCUT2D eigenvalue weighted by atomic mass is 79.9. The first kappa shape index (κ1) is 22.4. The maximum atomic E-state index is 13.4. The zero-order valence-corrected chi connectivity index (χ0v) is 17.8. The van der Waals surface area contributed by atoms with Gasteiger partial charge in [-0.15, -0.1) is 0 Å². The molecule has 1 aliphatic rings. The Morgan fingerprint density at radius 2 is 1.93 bits per heavy atom. The number of amides is 1. The molecule has 0 spiro atoms. The van der Waals surface area contributed by atoms with Crippen molar-refractivity contribution in [1.29, 1.82) is 0 Å². The standard InChI is InChI=1S/C21H21BrF3NO4/c1-28-16-7-5-14(6-8-16)12-29-13-19(21(23,24)25)30-20(27)26-10-9-17-15(11-26)3-2-4-18(17)22/h2-8,19H,9-13H2,1H3. The van der Waals surface area contributed by atoms with Gasteiger partial charge >= 0.3 is 12.3 Å². The number of hydrogen-bond acceptors (Lipinski definition) is 4. The predicted molar refractivity (Wildman–Crippen MR) is 107 cm³/mol. The molecule has 1 amide bonds. The van der Waals surface area contributed by atoms with Crippen LogP contribution in [0.15, 0.2) is 46.9 Å². The minimum atomic E-state index is -4.73. The van der Waals surface area contributed by atoms with Crippen molar-refractivity contribution in [3.05, 3.63) is 63.6 Å². The van der Waals surface area contributed by atoms with E-state index in [4.69, 9.17) is 14.2 Å². The molecule has 3 rings (SSSR count). The smallest absolute Gasteiger partial charge is 0.427 e. The van der Waals surface area contributed by atoms with E-state index in [0.29, 0.717) is 17.7 Å². The fraction of sp³-hybridized carbons (Fsp3) is 0.381. The highest BCUT2D eigenvalue weighted by Crippen LogP contribution is 2.28. The first-order valence-corrected chi connectivity index (χ1v) is 10.1. The van der Waals surface area contributed by atoms with Crippen LogP contribution in [0.1, 0.15) is 16.7 Å². The molecular formula is C21H21BrF3NO4. The van der Waals surface area contributed by atoms with E-state index in [-0.39, 0.29) is 19.7 Å². The van der Waals surface area contributed by atoms with Crippen molar-refractivity contribution in [1.82, 2.24) is 4.90 Å². The molecule has 0 bridgehead atoms. The second kappa shape index (κ2) is 9.70. The third-order valence-electron chi connectivity index (χ3n) is 4.77. The number of halogens is 4. The molecule has 30 heavy (non-hydrogen) atoms. The van der Waals surface area contributed by atoms with E-state index in [1.807, 2.05) is 18.2 Å². The number of methoxy groups -OCH3 is 1. The molecular weight excluding hydrogens is 467 g/mol. The monoisotopic (exact) mass is 487 g/mol. The molecule has 1 atom stereocenters. The zero-order valence-electron chi connectivity index (χ0n) is 16.2. The molecule has 1 aliphatic heterocycles. The minimum Gasteiger partial charge on any atom is -0.497 e. The van der Waals surface area contributed by atoms with Crippen LogP contribution >= 0.6 is 15.9 Å². The van der Waals surface area contributed by atoms with Crippen LogP contribution in [-0.4, -0.2) is 43.5 Å². The van der Waals surface area contributed by atoms with Crippen LogP contribution in [0.5, 0.6) is 5.75 Å². The SMILES string of the molecule is COc1ccc(COCC(OC(=O)N2CCc3c(Br)cccc3C2)C(F)(F)F)cc1. The topological polar surface area (TPSA) is 48.0 Å². The lowest BCUT2D eigenvalue weighted by Gasteiger charge is -2.30. The van der Waals surface area contributed by atoms with Crippen molar-refractivity contribution in [2.24, 2.45) is 0 Å². The van der Waals surface area contributed by atoms with Gasteiger partial charge in [-0.25, -0.2) is 4.79 Å². The van der Waals surface area contributed by atoms with Crippen LogP contribution in [-0.2, 0) is 29.0 Å². The van der Waals surface area contributed by atoms with Gasteiger partial charge in [0, 0.05) is 17.6 Å². The van der Waals surface area contributed by atoms with Crippen molar-refractivity contribution in [2.45, 2.75) is 31.9 Å². The number of fused-ring (bicyclic) bond motifs is 1. The summed E-state index contributed by atoms with van der Waals surface area (Å²) in [5.41, 5.74) is 2.62. The number of hydrogen-bond donors (Lipinski definition) is 0. The Kier molecular flexibility index (Phi) is 7.25. The Hall–Kier alpha value is -2.26. The lowest BCUT2D eigenvalue weighted by atomic mass is 10.0. The van der Waals surface area contributed by atoms with Crippen LogP contribution in [0.3, 0.4) is 0 Å². The van der Waals surface area contributed by atoms with Crippen LogP contribution in [0, 0.1) is 0 Å². The number of rotatable bonds is 6. The normalized spacial score (nSPS) is 14.8. The summed E-state index contributed by atoms with van der Waals surface area (Å²) < 4.78 is 56.0. The largest absolute Gasteiger partial charge is 0.497 e. The van der Waals surface area contributed by atoms with Crippen molar-refractivity contribution in [3.63, 3.8) is 0 Å². The molecule has 2 aromatic rings. The quantitative estimate of drug-likeness (QED) is 0.568. The van der Waals surface area contributed by atoms with Gasteiger partial charge in [0.2, 0.25) is 6.10 Å². The summed E-state index contributed by atoms with van der Waals surface area (Å²) in [6.07, 6.45) is -7.54. The van der Waals surface area contributed by atoms with E-state index < -0.39 is 25.0 Å². The molecule has 5 nitrogen and oxygen atoms in total. The molecule has 1 unspecified atom stereocenters.